The maximum absolute atomic E-state index is 11.5. The van der Waals surface area contributed by atoms with Gasteiger partial charge in [-0.15, -0.1) is 0 Å². The Kier molecular flexibility index (Phi) is 2.94. The molecule has 1 aliphatic carbocycles. The van der Waals surface area contributed by atoms with E-state index in [1.807, 2.05) is 6.07 Å². The minimum absolute atomic E-state index is 0.0465. The Balaban J connectivity index is 2.38. The average Bonchev–Trinajstić information content (AvgIpc) is 3.07. The topological polar surface area (TPSA) is 50.2 Å². The number of rotatable bonds is 2. The van der Waals surface area contributed by atoms with Crippen LogP contribution < -0.4 is 0 Å². The largest absolute Gasteiger partial charge is 0.478 e. The number of pyridine rings is 1. The van der Waals surface area contributed by atoms with Crippen LogP contribution in [0.4, 0.5) is 0 Å². The number of benzene rings is 1. The van der Waals surface area contributed by atoms with Gasteiger partial charge in [0.15, 0.2) is 0 Å². The molecule has 3 rings (SSSR count). The number of nitrogens with zero attached hydrogens (tertiary/aromatic N) is 1. The van der Waals surface area contributed by atoms with E-state index in [2.05, 4.69) is 43.8 Å². The Morgan fingerprint density at radius 3 is 2.58 bits per heavy atom. The number of carboxylic acids is 1. The standard InChI is InChI=1S/C14H11Br2NO2/c1-14(2-3-14)11-6-9(13(18)19)8-4-7(15)5-10(16)12(8)17-11/h4-6H,2-3H2,1H3,(H,18,19). The lowest BCUT2D eigenvalue weighted by Crippen LogP contribution is -2.08. The molecule has 0 atom stereocenters. The van der Waals surface area contributed by atoms with Crippen LogP contribution in [0.15, 0.2) is 27.1 Å². The van der Waals surface area contributed by atoms with Gasteiger partial charge in [0.1, 0.15) is 0 Å². The summed E-state index contributed by atoms with van der Waals surface area (Å²) in [6.07, 6.45) is 2.14. The summed E-state index contributed by atoms with van der Waals surface area (Å²) in [5, 5.41) is 10.1. The molecule has 2 aromatic rings. The Bertz CT molecular complexity index is 708. The molecule has 3 nitrogen and oxygen atoms in total. The first-order chi connectivity index (χ1) is 8.90. The Hall–Kier alpha value is -0.940. The predicted octanol–water partition coefficient (Wildman–Crippen LogP) is 4.51. The Labute approximate surface area is 127 Å². The minimum atomic E-state index is -0.914. The molecule has 1 saturated carbocycles. The SMILES string of the molecule is CC1(c2cc(C(=O)O)c3cc(Br)cc(Br)c3n2)CC1. The summed E-state index contributed by atoms with van der Waals surface area (Å²) in [5.74, 6) is -0.914. The van der Waals surface area contributed by atoms with Gasteiger partial charge in [-0.3, -0.25) is 4.98 Å². The highest BCUT2D eigenvalue weighted by atomic mass is 79.9. The molecule has 0 radical (unpaired) electrons. The van der Waals surface area contributed by atoms with Gasteiger partial charge in [-0.2, -0.15) is 0 Å². The van der Waals surface area contributed by atoms with Gasteiger partial charge in [0, 0.05) is 25.4 Å². The van der Waals surface area contributed by atoms with Crippen molar-refractivity contribution in [1.29, 1.82) is 0 Å². The van der Waals surface area contributed by atoms with Crippen molar-refractivity contribution in [3.05, 3.63) is 38.4 Å². The van der Waals surface area contributed by atoms with E-state index in [0.717, 1.165) is 27.5 Å². The number of carboxylic acid groups (broad SMARTS) is 1. The fraction of sp³-hybridized carbons (Fsp3) is 0.286. The zero-order valence-corrected chi connectivity index (χ0v) is 13.4. The zero-order chi connectivity index (χ0) is 13.8. The molecule has 1 aliphatic rings. The second-order valence-corrected chi connectivity index (χ2v) is 6.97. The quantitative estimate of drug-likeness (QED) is 0.828. The molecule has 0 spiro atoms. The lowest BCUT2D eigenvalue weighted by Gasteiger charge is -2.12. The molecule has 19 heavy (non-hydrogen) atoms. The van der Waals surface area contributed by atoms with Crippen LogP contribution >= 0.6 is 31.9 Å². The van der Waals surface area contributed by atoms with Crippen LogP contribution in [0.1, 0.15) is 35.8 Å². The van der Waals surface area contributed by atoms with Gasteiger partial charge in [-0.1, -0.05) is 22.9 Å². The lowest BCUT2D eigenvalue weighted by atomic mass is 10.00. The van der Waals surface area contributed by atoms with Crippen molar-refractivity contribution in [3.63, 3.8) is 0 Å². The van der Waals surface area contributed by atoms with Crippen molar-refractivity contribution in [2.24, 2.45) is 0 Å². The summed E-state index contributed by atoms with van der Waals surface area (Å²) < 4.78 is 1.65. The summed E-state index contributed by atoms with van der Waals surface area (Å²) >= 11 is 6.85. The van der Waals surface area contributed by atoms with Gasteiger partial charge in [0.2, 0.25) is 0 Å². The van der Waals surface area contributed by atoms with Gasteiger partial charge < -0.3 is 5.11 Å². The van der Waals surface area contributed by atoms with Crippen LogP contribution in [0.2, 0.25) is 0 Å². The minimum Gasteiger partial charge on any atom is -0.478 e. The summed E-state index contributed by atoms with van der Waals surface area (Å²) in [7, 11) is 0. The van der Waals surface area contributed by atoms with Crippen LogP contribution in [0, 0.1) is 0 Å². The number of fused-ring (bicyclic) bond motifs is 1. The van der Waals surface area contributed by atoms with Gasteiger partial charge in [-0.05, 0) is 47.0 Å². The molecule has 1 fully saturated rings. The molecule has 1 aromatic heterocycles. The molecule has 0 bridgehead atoms. The number of aromatic carboxylic acids is 1. The zero-order valence-electron chi connectivity index (χ0n) is 10.2. The number of carbonyl (C=O) groups is 1. The van der Waals surface area contributed by atoms with Crippen LogP contribution in [-0.4, -0.2) is 16.1 Å². The number of aromatic nitrogens is 1. The molecule has 1 aromatic carbocycles. The highest BCUT2D eigenvalue weighted by Gasteiger charge is 2.41. The molecule has 1 heterocycles. The fourth-order valence-electron chi connectivity index (χ4n) is 2.18. The number of hydrogen-bond acceptors (Lipinski definition) is 2. The third kappa shape index (κ3) is 2.19. The predicted molar refractivity (Wildman–Crippen MR) is 80.7 cm³/mol. The summed E-state index contributed by atoms with van der Waals surface area (Å²) in [4.78, 5) is 16.1. The summed E-state index contributed by atoms with van der Waals surface area (Å²) in [5.41, 5.74) is 1.95. The van der Waals surface area contributed by atoms with Gasteiger partial charge >= 0.3 is 5.97 Å². The van der Waals surface area contributed by atoms with Gasteiger partial charge in [0.25, 0.3) is 0 Å². The monoisotopic (exact) mass is 383 g/mol. The second kappa shape index (κ2) is 4.28. The summed E-state index contributed by atoms with van der Waals surface area (Å²) in [6, 6.07) is 5.41. The van der Waals surface area contributed by atoms with Gasteiger partial charge in [-0.25, -0.2) is 4.79 Å². The molecule has 5 heteroatoms. The van der Waals surface area contributed by atoms with E-state index in [1.54, 1.807) is 12.1 Å². The first-order valence-electron chi connectivity index (χ1n) is 5.94. The van der Waals surface area contributed by atoms with E-state index in [0.29, 0.717) is 16.5 Å². The van der Waals surface area contributed by atoms with E-state index in [-0.39, 0.29) is 5.41 Å². The normalized spacial score (nSPS) is 16.6. The molecule has 0 saturated heterocycles. The third-order valence-electron chi connectivity index (χ3n) is 3.68. The highest BCUT2D eigenvalue weighted by molar-refractivity contribution is 9.11. The van der Waals surface area contributed by atoms with Crippen molar-refractivity contribution < 1.29 is 9.90 Å². The van der Waals surface area contributed by atoms with E-state index >= 15 is 0 Å². The Morgan fingerprint density at radius 2 is 2.00 bits per heavy atom. The molecule has 0 unspecified atom stereocenters. The van der Waals surface area contributed by atoms with Crippen LogP contribution in [0.5, 0.6) is 0 Å². The maximum atomic E-state index is 11.5. The van der Waals surface area contributed by atoms with E-state index in [1.165, 1.54) is 0 Å². The molecular formula is C14H11Br2NO2. The molecule has 98 valence electrons. The summed E-state index contributed by atoms with van der Waals surface area (Å²) in [6.45, 7) is 2.12. The van der Waals surface area contributed by atoms with Crippen LogP contribution in [0.25, 0.3) is 10.9 Å². The van der Waals surface area contributed by atoms with Gasteiger partial charge in [0.05, 0.1) is 11.1 Å². The second-order valence-electron chi connectivity index (χ2n) is 5.20. The molecular weight excluding hydrogens is 374 g/mol. The Morgan fingerprint density at radius 1 is 1.32 bits per heavy atom. The highest BCUT2D eigenvalue weighted by Crippen LogP contribution is 2.47. The van der Waals surface area contributed by atoms with Crippen molar-refractivity contribution in [2.45, 2.75) is 25.2 Å². The first-order valence-corrected chi connectivity index (χ1v) is 7.53. The molecule has 0 amide bonds. The number of hydrogen-bond donors (Lipinski definition) is 1. The fourth-order valence-corrected chi connectivity index (χ4v) is 3.50. The van der Waals surface area contributed by atoms with Crippen LogP contribution in [-0.2, 0) is 5.41 Å². The smallest absolute Gasteiger partial charge is 0.336 e. The molecule has 0 aliphatic heterocycles. The molecule has 1 N–H and O–H groups in total. The van der Waals surface area contributed by atoms with Crippen molar-refractivity contribution >= 4 is 48.7 Å². The first kappa shape index (κ1) is 13.1. The average molecular weight is 385 g/mol. The van der Waals surface area contributed by atoms with Crippen molar-refractivity contribution in [2.75, 3.05) is 0 Å². The van der Waals surface area contributed by atoms with E-state index in [4.69, 9.17) is 0 Å². The number of halogens is 2. The van der Waals surface area contributed by atoms with E-state index < -0.39 is 5.97 Å². The van der Waals surface area contributed by atoms with E-state index in [9.17, 15) is 9.90 Å². The maximum Gasteiger partial charge on any atom is 0.336 e. The third-order valence-corrected chi connectivity index (χ3v) is 4.74. The van der Waals surface area contributed by atoms with Crippen molar-refractivity contribution in [3.8, 4) is 0 Å². The van der Waals surface area contributed by atoms with Crippen molar-refractivity contribution in [1.82, 2.24) is 4.98 Å². The lowest BCUT2D eigenvalue weighted by molar-refractivity contribution is 0.0699. The van der Waals surface area contributed by atoms with Crippen LogP contribution in [0.3, 0.4) is 0 Å².